The van der Waals surface area contributed by atoms with Crippen molar-refractivity contribution in [3.8, 4) is 0 Å². The molecular weight excluding hydrogens is 314 g/mol. The summed E-state index contributed by atoms with van der Waals surface area (Å²) in [4.78, 5) is 5.92. The Kier molecular flexibility index (Phi) is 6.82. The van der Waals surface area contributed by atoms with Crippen LogP contribution in [0.2, 0.25) is 5.02 Å². The highest BCUT2D eigenvalue weighted by Crippen LogP contribution is 2.23. The molecule has 1 aromatic heterocycles. The highest BCUT2D eigenvalue weighted by molar-refractivity contribution is 7.89. The number of rotatable bonds is 8. The molecular formula is C12H22ClN5O2S. The fourth-order valence-electron chi connectivity index (χ4n) is 1.73. The molecule has 1 rings (SSSR count). The van der Waals surface area contributed by atoms with Gasteiger partial charge in [-0.25, -0.2) is 19.2 Å². The Labute approximate surface area is 131 Å². The predicted molar refractivity (Wildman–Crippen MR) is 84.7 cm³/mol. The van der Waals surface area contributed by atoms with Crippen LogP contribution in [-0.2, 0) is 10.0 Å². The molecule has 0 spiro atoms. The maximum absolute atomic E-state index is 12.6. The summed E-state index contributed by atoms with van der Waals surface area (Å²) in [6, 6.07) is 1.36. The smallest absolute Gasteiger partial charge is 0.244 e. The number of nitrogen functional groups attached to an aromatic ring is 1. The lowest BCUT2D eigenvalue weighted by Crippen LogP contribution is -2.37. The molecule has 1 heterocycles. The first-order valence-electron chi connectivity index (χ1n) is 6.60. The molecule has 0 aliphatic carbocycles. The number of sulfonamides is 1. The summed E-state index contributed by atoms with van der Waals surface area (Å²) in [6.07, 6.45) is 1.99. The van der Waals surface area contributed by atoms with Gasteiger partial charge in [-0.3, -0.25) is 0 Å². The molecule has 0 atom stereocenters. The van der Waals surface area contributed by atoms with Crippen LogP contribution in [-0.4, -0.2) is 56.3 Å². The Balaban J connectivity index is 3.07. The van der Waals surface area contributed by atoms with Gasteiger partial charge in [-0.1, -0.05) is 18.5 Å². The molecule has 120 valence electrons. The van der Waals surface area contributed by atoms with Gasteiger partial charge in [-0.05, 0) is 26.6 Å². The van der Waals surface area contributed by atoms with Crippen molar-refractivity contribution in [2.45, 2.75) is 18.2 Å². The number of pyridine rings is 1. The molecule has 0 radical (unpaired) electrons. The van der Waals surface area contributed by atoms with E-state index in [1.165, 1.54) is 16.6 Å². The molecule has 3 N–H and O–H groups in total. The van der Waals surface area contributed by atoms with E-state index in [0.717, 1.165) is 6.42 Å². The second-order valence-electron chi connectivity index (χ2n) is 4.85. The molecule has 21 heavy (non-hydrogen) atoms. The number of likely N-dealkylation sites (N-methyl/N-ethyl adjacent to an activating group) is 1. The second-order valence-corrected chi connectivity index (χ2v) is 7.20. The van der Waals surface area contributed by atoms with Crippen molar-refractivity contribution in [3.63, 3.8) is 0 Å². The van der Waals surface area contributed by atoms with Gasteiger partial charge < -0.3 is 10.3 Å². The largest absolute Gasteiger partial charge is 0.308 e. The van der Waals surface area contributed by atoms with Crippen LogP contribution in [0.5, 0.6) is 0 Å². The fraction of sp³-hybridized carbons (Fsp3) is 0.583. The minimum Gasteiger partial charge on any atom is -0.308 e. The molecule has 0 bridgehead atoms. The number of nitrogens with two attached hydrogens (primary N) is 1. The van der Waals surface area contributed by atoms with Crippen LogP contribution in [0.4, 0.5) is 5.82 Å². The molecule has 0 saturated heterocycles. The normalized spacial score (nSPS) is 12.1. The lowest BCUT2D eigenvalue weighted by molar-refractivity contribution is 0.333. The first-order valence-corrected chi connectivity index (χ1v) is 8.41. The number of anilines is 1. The Morgan fingerprint density at radius 3 is 2.48 bits per heavy atom. The third kappa shape index (κ3) is 4.79. The molecule has 7 nitrogen and oxygen atoms in total. The Morgan fingerprint density at radius 1 is 1.33 bits per heavy atom. The summed E-state index contributed by atoms with van der Waals surface area (Å²) in [5.74, 6) is 5.48. The van der Waals surface area contributed by atoms with E-state index in [9.17, 15) is 8.42 Å². The number of aromatic nitrogens is 1. The van der Waals surface area contributed by atoms with Crippen LogP contribution < -0.4 is 11.3 Å². The van der Waals surface area contributed by atoms with Crippen LogP contribution >= 0.6 is 11.6 Å². The van der Waals surface area contributed by atoms with Gasteiger partial charge in [0, 0.05) is 25.8 Å². The van der Waals surface area contributed by atoms with E-state index >= 15 is 0 Å². The predicted octanol–water partition coefficient (Wildman–Crippen LogP) is 0.983. The molecule has 0 aliphatic rings. The number of nitrogens with one attached hydrogen (secondary N) is 1. The summed E-state index contributed by atoms with van der Waals surface area (Å²) in [6.45, 7) is 3.44. The van der Waals surface area contributed by atoms with Crippen molar-refractivity contribution < 1.29 is 8.42 Å². The van der Waals surface area contributed by atoms with Gasteiger partial charge in [0.25, 0.3) is 0 Å². The monoisotopic (exact) mass is 335 g/mol. The number of hydrogen-bond acceptors (Lipinski definition) is 6. The maximum atomic E-state index is 12.6. The Hall–Kier alpha value is -0.930. The maximum Gasteiger partial charge on any atom is 0.244 e. The molecule has 0 amide bonds. The summed E-state index contributed by atoms with van der Waals surface area (Å²) in [5.41, 5.74) is 2.31. The quantitative estimate of drug-likeness (QED) is 0.543. The van der Waals surface area contributed by atoms with Crippen molar-refractivity contribution in [2.75, 3.05) is 39.2 Å². The average molecular weight is 336 g/mol. The van der Waals surface area contributed by atoms with Gasteiger partial charge >= 0.3 is 0 Å². The molecule has 0 fully saturated rings. The third-order valence-corrected chi connectivity index (χ3v) is 5.01. The molecule has 9 heteroatoms. The summed E-state index contributed by atoms with van der Waals surface area (Å²) in [5, 5.41) is 0.169. The number of hydrazine groups is 1. The van der Waals surface area contributed by atoms with E-state index in [1.807, 2.05) is 25.9 Å². The van der Waals surface area contributed by atoms with Crippen LogP contribution in [0.25, 0.3) is 0 Å². The number of nitrogens with zero attached hydrogens (tertiary/aromatic N) is 3. The zero-order valence-corrected chi connectivity index (χ0v) is 14.1. The summed E-state index contributed by atoms with van der Waals surface area (Å²) < 4.78 is 26.7. The van der Waals surface area contributed by atoms with Gasteiger partial charge in [0.2, 0.25) is 10.0 Å². The van der Waals surface area contributed by atoms with Crippen molar-refractivity contribution in [3.05, 3.63) is 17.3 Å². The van der Waals surface area contributed by atoms with Crippen LogP contribution in [0, 0.1) is 0 Å². The van der Waals surface area contributed by atoms with Gasteiger partial charge in [-0.2, -0.15) is 4.31 Å². The van der Waals surface area contributed by atoms with Crippen LogP contribution in [0.3, 0.4) is 0 Å². The molecule has 0 aliphatic heterocycles. The molecule has 0 saturated carbocycles. The molecule has 0 aromatic carbocycles. The zero-order chi connectivity index (χ0) is 16.0. The van der Waals surface area contributed by atoms with Crippen molar-refractivity contribution in [2.24, 2.45) is 5.84 Å². The summed E-state index contributed by atoms with van der Waals surface area (Å²) >= 11 is 5.95. The van der Waals surface area contributed by atoms with E-state index in [4.69, 9.17) is 17.4 Å². The minimum atomic E-state index is -3.62. The lowest BCUT2D eigenvalue weighted by atomic mass is 10.4. The first kappa shape index (κ1) is 18.1. The lowest BCUT2D eigenvalue weighted by Gasteiger charge is -2.23. The summed E-state index contributed by atoms with van der Waals surface area (Å²) in [7, 11) is 0.184. The highest BCUT2D eigenvalue weighted by atomic mass is 35.5. The minimum absolute atomic E-state index is 0.0682. The average Bonchev–Trinajstić information content (AvgIpc) is 2.42. The zero-order valence-electron chi connectivity index (χ0n) is 12.5. The van der Waals surface area contributed by atoms with E-state index in [2.05, 4.69) is 10.4 Å². The second kappa shape index (κ2) is 7.90. The van der Waals surface area contributed by atoms with Crippen molar-refractivity contribution >= 4 is 27.4 Å². The number of halogens is 1. The van der Waals surface area contributed by atoms with Crippen molar-refractivity contribution in [1.29, 1.82) is 0 Å². The van der Waals surface area contributed by atoms with E-state index in [0.29, 0.717) is 19.6 Å². The Bertz CT molecular complexity index is 565. The Morgan fingerprint density at radius 2 is 2.00 bits per heavy atom. The SMILES string of the molecule is CCCN(CCN(C)C)S(=O)(=O)c1cnc(NN)c(Cl)c1. The van der Waals surface area contributed by atoms with Gasteiger partial charge in [0.1, 0.15) is 4.90 Å². The van der Waals surface area contributed by atoms with Crippen LogP contribution in [0.1, 0.15) is 13.3 Å². The van der Waals surface area contributed by atoms with E-state index in [-0.39, 0.29) is 15.7 Å². The van der Waals surface area contributed by atoms with Crippen molar-refractivity contribution in [1.82, 2.24) is 14.2 Å². The number of hydrogen-bond donors (Lipinski definition) is 2. The van der Waals surface area contributed by atoms with Crippen LogP contribution in [0.15, 0.2) is 17.2 Å². The third-order valence-electron chi connectivity index (χ3n) is 2.86. The van der Waals surface area contributed by atoms with E-state index in [1.54, 1.807) is 0 Å². The topological polar surface area (TPSA) is 91.6 Å². The molecule has 0 unspecified atom stereocenters. The first-order chi connectivity index (χ1) is 9.82. The fourth-order valence-corrected chi connectivity index (χ4v) is 3.51. The van der Waals surface area contributed by atoms with Gasteiger partial charge in [-0.15, -0.1) is 0 Å². The highest BCUT2D eigenvalue weighted by Gasteiger charge is 2.25. The van der Waals surface area contributed by atoms with Gasteiger partial charge in [0.05, 0.1) is 5.02 Å². The van der Waals surface area contributed by atoms with Gasteiger partial charge in [0.15, 0.2) is 5.82 Å². The van der Waals surface area contributed by atoms with E-state index < -0.39 is 10.0 Å². The molecule has 1 aromatic rings. The standard InChI is InChI=1S/C12H22ClN5O2S/c1-4-5-18(7-6-17(2)3)21(19,20)10-8-11(13)12(16-14)15-9-10/h8-9H,4-7,14H2,1-3H3,(H,15,16).